The molecule has 0 aliphatic heterocycles. The molecule has 0 aliphatic carbocycles. The standard InChI is InChI=1S/C12H14FN3O/c1-3-16(8-12-15-14-9(2)17-12)11-6-4-10(13)5-7-11/h4-7H,3,8H2,1-2H3. The number of hydrogen-bond acceptors (Lipinski definition) is 4. The third-order valence-electron chi connectivity index (χ3n) is 2.47. The van der Waals surface area contributed by atoms with E-state index in [0.29, 0.717) is 18.3 Å². The lowest BCUT2D eigenvalue weighted by Gasteiger charge is -2.20. The van der Waals surface area contributed by atoms with Crippen molar-refractivity contribution >= 4 is 5.69 Å². The summed E-state index contributed by atoms with van der Waals surface area (Å²) < 4.78 is 18.1. The highest BCUT2D eigenvalue weighted by Gasteiger charge is 2.09. The van der Waals surface area contributed by atoms with E-state index in [4.69, 9.17) is 4.42 Å². The Hall–Kier alpha value is -1.91. The Balaban J connectivity index is 2.13. The zero-order valence-corrected chi connectivity index (χ0v) is 9.85. The minimum absolute atomic E-state index is 0.238. The number of anilines is 1. The number of nitrogens with zero attached hydrogens (tertiary/aromatic N) is 3. The Kier molecular flexibility index (Phi) is 3.37. The molecule has 1 heterocycles. The van der Waals surface area contributed by atoms with E-state index in [1.54, 1.807) is 19.1 Å². The van der Waals surface area contributed by atoms with Crippen LogP contribution in [0, 0.1) is 12.7 Å². The number of benzene rings is 1. The van der Waals surface area contributed by atoms with Crippen LogP contribution in [0.5, 0.6) is 0 Å². The van der Waals surface area contributed by atoms with Crippen molar-refractivity contribution in [2.75, 3.05) is 11.4 Å². The van der Waals surface area contributed by atoms with Crippen LogP contribution < -0.4 is 4.90 Å². The molecule has 0 spiro atoms. The third-order valence-corrected chi connectivity index (χ3v) is 2.47. The van der Waals surface area contributed by atoms with Crippen molar-refractivity contribution in [1.29, 1.82) is 0 Å². The van der Waals surface area contributed by atoms with Crippen molar-refractivity contribution in [3.8, 4) is 0 Å². The first-order valence-electron chi connectivity index (χ1n) is 5.48. The molecule has 0 atom stereocenters. The predicted octanol–water partition coefficient (Wildman–Crippen LogP) is 2.54. The van der Waals surface area contributed by atoms with Crippen LogP contribution in [0.15, 0.2) is 28.7 Å². The van der Waals surface area contributed by atoms with Gasteiger partial charge in [-0.25, -0.2) is 4.39 Å². The normalized spacial score (nSPS) is 10.5. The van der Waals surface area contributed by atoms with Gasteiger partial charge in [0.15, 0.2) is 0 Å². The second kappa shape index (κ2) is 4.95. The summed E-state index contributed by atoms with van der Waals surface area (Å²) >= 11 is 0. The Labute approximate surface area is 99.1 Å². The molecule has 0 N–H and O–H groups in total. The van der Waals surface area contributed by atoms with Gasteiger partial charge in [-0.05, 0) is 31.2 Å². The molecule has 0 radical (unpaired) electrons. The molecule has 1 aromatic heterocycles. The maximum atomic E-state index is 12.8. The van der Waals surface area contributed by atoms with Gasteiger partial charge in [-0.1, -0.05) is 0 Å². The van der Waals surface area contributed by atoms with Crippen LogP contribution in [0.3, 0.4) is 0 Å². The fourth-order valence-corrected chi connectivity index (χ4v) is 1.60. The summed E-state index contributed by atoms with van der Waals surface area (Å²) in [5, 5.41) is 7.72. The molecule has 0 bridgehead atoms. The van der Waals surface area contributed by atoms with Crippen LogP contribution in [0.1, 0.15) is 18.7 Å². The number of aryl methyl sites for hydroxylation is 1. The van der Waals surface area contributed by atoms with Gasteiger partial charge in [0.2, 0.25) is 11.8 Å². The molecule has 0 saturated heterocycles. The lowest BCUT2D eigenvalue weighted by molar-refractivity contribution is 0.463. The zero-order valence-electron chi connectivity index (χ0n) is 9.85. The molecule has 2 aromatic rings. The molecule has 1 aromatic carbocycles. The Morgan fingerprint density at radius 2 is 1.94 bits per heavy atom. The fraction of sp³-hybridized carbons (Fsp3) is 0.333. The van der Waals surface area contributed by atoms with E-state index in [2.05, 4.69) is 10.2 Å². The van der Waals surface area contributed by atoms with Gasteiger partial charge >= 0.3 is 0 Å². The summed E-state index contributed by atoms with van der Waals surface area (Å²) in [4.78, 5) is 2.03. The molecule has 0 amide bonds. The van der Waals surface area contributed by atoms with Crippen LogP contribution in [-0.2, 0) is 6.54 Å². The van der Waals surface area contributed by atoms with E-state index >= 15 is 0 Å². The van der Waals surface area contributed by atoms with Gasteiger partial charge in [-0.3, -0.25) is 0 Å². The second-order valence-electron chi connectivity index (χ2n) is 3.71. The van der Waals surface area contributed by atoms with Crippen molar-refractivity contribution in [3.05, 3.63) is 41.9 Å². The first kappa shape index (κ1) is 11.6. The van der Waals surface area contributed by atoms with Crippen molar-refractivity contribution in [2.45, 2.75) is 20.4 Å². The predicted molar refractivity (Wildman–Crippen MR) is 62.2 cm³/mol. The van der Waals surface area contributed by atoms with Crippen molar-refractivity contribution < 1.29 is 8.81 Å². The van der Waals surface area contributed by atoms with Crippen molar-refractivity contribution in [2.24, 2.45) is 0 Å². The Morgan fingerprint density at radius 3 is 2.47 bits per heavy atom. The quantitative estimate of drug-likeness (QED) is 0.816. The minimum atomic E-state index is -0.238. The molecule has 17 heavy (non-hydrogen) atoms. The van der Waals surface area contributed by atoms with E-state index in [9.17, 15) is 4.39 Å². The number of halogens is 1. The monoisotopic (exact) mass is 235 g/mol. The summed E-state index contributed by atoms with van der Waals surface area (Å²) in [6, 6.07) is 6.36. The Bertz CT molecular complexity index is 481. The maximum absolute atomic E-state index is 12.8. The highest BCUT2D eigenvalue weighted by atomic mass is 19.1. The average molecular weight is 235 g/mol. The van der Waals surface area contributed by atoms with Crippen LogP contribution in [-0.4, -0.2) is 16.7 Å². The molecule has 0 unspecified atom stereocenters. The maximum Gasteiger partial charge on any atom is 0.235 e. The third kappa shape index (κ3) is 2.81. The second-order valence-corrected chi connectivity index (χ2v) is 3.71. The van der Waals surface area contributed by atoms with Gasteiger partial charge in [0.25, 0.3) is 0 Å². The largest absolute Gasteiger partial charge is 0.424 e. The molecular weight excluding hydrogens is 221 g/mol. The topological polar surface area (TPSA) is 42.2 Å². The smallest absolute Gasteiger partial charge is 0.235 e. The summed E-state index contributed by atoms with van der Waals surface area (Å²) in [5.74, 6) is 0.877. The van der Waals surface area contributed by atoms with E-state index in [0.717, 1.165) is 12.2 Å². The molecular formula is C12H14FN3O. The zero-order chi connectivity index (χ0) is 12.3. The first-order valence-corrected chi connectivity index (χ1v) is 5.48. The van der Waals surface area contributed by atoms with E-state index in [-0.39, 0.29) is 5.82 Å². The highest BCUT2D eigenvalue weighted by molar-refractivity contribution is 5.45. The molecule has 2 rings (SSSR count). The van der Waals surface area contributed by atoms with Gasteiger partial charge in [0.1, 0.15) is 5.82 Å². The van der Waals surface area contributed by atoms with Crippen LogP contribution in [0.2, 0.25) is 0 Å². The van der Waals surface area contributed by atoms with Crippen molar-refractivity contribution in [3.63, 3.8) is 0 Å². The molecule has 0 saturated carbocycles. The molecule has 0 fully saturated rings. The average Bonchev–Trinajstić information content (AvgIpc) is 2.73. The summed E-state index contributed by atoms with van der Waals surface area (Å²) in [6.07, 6.45) is 0. The van der Waals surface area contributed by atoms with Crippen molar-refractivity contribution in [1.82, 2.24) is 10.2 Å². The lowest BCUT2D eigenvalue weighted by Crippen LogP contribution is -2.22. The highest BCUT2D eigenvalue weighted by Crippen LogP contribution is 2.17. The molecule has 4 nitrogen and oxygen atoms in total. The van der Waals surface area contributed by atoms with Gasteiger partial charge in [-0.2, -0.15) is 0 Å². The SMILES string of the molecule is CCN(Cc1nnc(C)o1)c1ccc(F)cc1. The number of aromatic nitrogens is 2. The lowest BCUT2D eigenvalue weighted by atomic mass is 10.3. The van der Waals surface area contributed by atoms with E-state index in [1.807, 2.05) is 11.8 Å². The van der Waals surface area contributed by atoms with Crippen LogP contribution in [0.4, 0.5) is 10.1 Å². The van der Waals surface area contributed by atoms with Crippen LogP contribution in [0.25, 0.3) is 0 Å². The van der Waals surface area contributed by atoms with Gasteiger partial charge < -0.3 is 9.32 Å². The summed E-state index contributed by atoms with van der Waals surface area (Å²) in [5.41, 5.74) is 0.935. The molecule has 5 heteroatoms. The van der Waals surface area contributed by atoms with Crippen LogP contribution >= 0.6 is 0 Å². The summed E-state index contributed by atoms with van der Waals surface area (Å²) in [7, 11) is 0. The van der Waals surface area contributed by atoms with E-state index in [1.165, 1.54) is 12.1 Å². The summed E-state index contributed by atoms with van der Waals surface area (Å²) in [6.45, 7) is 5.09. The molecule has 0 aliphatic rings. The number of hydrogen-bond donors (Lipinski definition) is 0. The fourth-order valence-electron chi connectivity index (χ4n) is 1.60. The van der Waals surface area contributed by atoms with E-state index < -0.39 is 0 Å². The number of rotatable bonds is 4. The molecule has 90 valence electrons. The minimum Gasteiger partial charge on any atom is -0.424 e. The first-order chi connectivity index (χ1) is 8.19. The Morgan fingerprint density at radius 1 is 1.24 bits per heavy atom. The van der Waals surface area contributed by atoms with Gasteiger partial charge in [-0.15, -0.1) is 10.2 Å². The van der Waals surface area contributed by atoms with Gasteiger partial charge in [0, 0.05) is 19.2 Å². The van der Waals surface area contributed by atoms with Gasteiger partial charge in [0.05, 0.1) is 6.54 Å².